The normalized spacial score (nSPS) is 14.1. The van der Waals surface area contributed by atoms with Gasteiger partial charge in [0.2, 0.25) is 5.91 Å². The SMILES string of the molecule is CC/C=C\C/C=C\C/C=C\CCCCCCCC(=O)NC(COP(=O)(O)OCC(O)COC(=O)CCCCCCCCCCCCCCCCC)C(=O)O. The molecule has 1 amide bonds. The molecule has 3 unspecified atom stereocenters. The van der Waals surface area contributed by atoms with Crippen molar-refractivity contribution in [2.75, 3.05) is 19.8 Å². The molecule has 3 atom stereocenters. The standard InChI is InChI=1S/C42H76NO10P/c1-3-5-7-9-11-13-15-17-19-21-23-25-27-29-31-33-40(45)43-39(42(47)48)37-53-54(49,50)52-36-38(44)35-51-41(46)34-32-30-28-26-24-22-20-18-16-14-12-10-8-6-4-2/h5,7,11,13,17,19,38-39,44H,3-4,6,8-10,12,14-16,18,20-37H2,1-2H3,(H,43,45)(H,47,48)(H,49,50)/b7-5-,13-11-,19-17-. The van der Waals surface area contributed by atoms with Crippen LogP contribution in [0.2, 0.25) is 0 Å². The van der Waals surface area contributed by atoms with Crippen molar-refractivity contribution >= 4 is 25.7 Å². The molecule has 0 aromatic rings. The van der Waals surface area contributed by atoms with E-state index in [0.29, 0.717) is 12.8 Å². The number of esters is 1. The van der Waals surface area contributed by atoms with Gasteiger partial charge in [0.25, 0.3) is 0 Å². The van der Waals surface area contributed by atoms with E-state index in [9.17, 15) is 34.1 Å². The summed E-state index contributed by atoms with van der Waals surface area (Å²) in [6.45, 7) is 2.47. The van der Waals surface area contributed by atoms with Crippen LogP contribution in [0.5, 0.6) is 0 Å². The molecule has 0 aliphatic carbocycles. The third kappa shape index (κ3) is 36.7. The van der Waals surface area contributed by atoms with Crippen LogP contribution in [0.3, 0.4) is 0 Å². The number of unbranched alkanes of at least 4 members (excludes halogenated alkanes) is 19. The third-order valence-electron chi connectivity index (χ3n) is 8.94. The van der Waals surface area contributed by atoms with E-state index in [-0.39, 0.29) is 12.8 Å². The smallest absolute Gasteiger partial charge is 0.472 e. The van der Waals surface area contributed by atoms with Gasteiger partial charge < -0.3 is 25.2 Å². The second-order valence-electron chi connectivity index (χ2n) is 14.2. The van der Waals surface area contributed by atoms with Gasteiger partial charge >= 0.3 is 19.8 Å². The number of ether oxygens (including phenoxy) is 1. The average molecular weight is 786 g/mol. The number of aliphatic hydroxyl groups excluding tert-OH is 1. The predicted octanol–water partition coefficient (Wildman–Crippen LogP) is 10.4. The Balaban J connectivity index is 3.93. The van der Waals surface area contributed by atoms with Gasteiger partial charge in [-0.05, 0) is 44.9 Å². The minimum Gasteiger partial charge on any atom is -0.480 e. The fraction of sp³-hybridized carbons (Fsp3) is 0.786. The fourth-order valence-corrected chi connectivity index (χ4v) is 6.45. The molecule has 4 N–H and O–H groups in total. The van der Waals surface area contributed by atoms with Gasteiger partial charge in [0.05, 0.1) is 13.2 Å². The van der Waals surface area contributed by atoms with E-state index in [4.69, 9.17) is 13.8 Å². The molecule has 0 aliphatic rings. The quantitative estimate of drug-likeness (QED) is 0.0204. The molecule has 0 saturated carbocycles. The number of rotatable bonds is 39. The number of phosphoric ester groups is 1. The number of aliphatic hydroxyl groups is 1. The highest BCUT2D eigenvalue weighted by atomic mass is 31.2. The fourth-order valence-electron chi connectivity index (χ4n) is 5.68. The van der Waals surface area contributed by atoms with E-state index < -0.39 is 57.6 Å². The van der Waals surface area contributed by atoms with Crippen LogP contribution in [-0.4, -0.2) is 64.9 Å². The van der Waals surface area contributed by atoms with Crippen LogP contribution in [0, 0.1) is 0 Å². The van der Waals surface area contributed by atoms with Gasteiger partial charge in [-0.25, -0.2) is 9.36 Å². The van der Waals surface area contributed by atoms with Gasteiger partial charge in [-0.15, -0.1) is 0 Å². The van der Waals surface area contributed by atoms with Crippen LogP contribution < -0.4 is 5.32 Å². The number of phosphoric acid groups is 1. The molecule has 0 heterocycles. The summed E-state index contributed by atoms with van der Waals surface area (Å²) in [6, 6.07) is -1.55. The average Bonchev–Trinajstić information content (AvgIpc) is 3.14. The summed E-state index contributed by atoms with van der Waals surface area (Å²) in [4.78, 5) is 45.8. The van der Waals surface area contributed by atoms with Crippen molar-refractivity contribution in [2.45, 2.75) is 193 Å². The molecule has 11 nitrogen and oxygen atoms in total. The second-order valence-corrected chi connectivity index (χ2v) is 15.6. The number of carbonyl (C=O) groups is 3. The minimum absolute atomic E-state index is 0.126. The molecule has 0 spiro atoms. The number of allylic oxidation sites excluding steroid dienone is 6. The lowest BCUT2D eigenvalue weighted by Crippen LogP contribution is -2.43. The number of carboxylic acids is 1. The maximum atomic E-state index is 12.3. The van der Waals surface area contributed by atoms with E-state index in [1.165, 1.54) is 70.6 Å². The van der Waals surface area contributed by atoms with Crippen molar-refractivity contribution in [1.82, 2.24) is 5.32 Å². The first-order chi connectivity index (χ1) is 26.1. The summed E-state index contributed by atoms with van der Waals surface area (Å²) in [7, 11) is -4.76. The van der Waals surface area contributed by atoms with Gasteiger partial charge in [-0.1, -0.05) is 159 Å². The zero-order valence-corrected chi connectivity index (χ0v) is 34.7. The lowest BCUT2D eigenvalue weighted by molar-refractivity contribution is -0.147. The molecule has 54 heavy (non-hydrogen) atoms. The van der Waals surface area contributed by atoms with Gasteiger partial charge in [-0.3, -0.25) is 18.6 Å². The zero-order valence-electron chi connectivity index (χ0n) is 33.8. The van der Waals surface area contributed by atoms with Crippen molar-refractivity contribution < 1.29 is 47.8 Å². The molecule has 0 aromatic heterocycles. The summed E-state index contributed by atoms with van der Waals surface area (Å²) >= 11 is 0. The molecule has 0 bridgehead atoms. The molecule has 0 rings (SSSR count). The molecular formula is C42H76NO10P. The topological polar surface area (TPSA) is 169 Å². The van der Waals surface area contributed by atoms with Crippen molar-refractivity contribution in [1.29, 1.82) is 0 Å². The van der Waals surface area contributed by atoms with Crippen LogP contribution in [-0.2, 0) is 32.7 Å². The number of amides is 1. The largest absolute Gasteiger partial charge is 0.480 e. The highest BCUT2D eigenvalue weighted by molar-refractivity contribution is 7.47. The van der Waals surface area contributed by atoms with Crippen LogP contribution in [0.1, 0.15) is 181 Å². The van der Waals surface area contributed by atoms with Gasteiger partial charge in [0.1, 0.15) is 12.7 Å². The van der Waals surface area contributed by atoms with Crippen LogP contribution in [0.25, 0.3) is 0 Å². The van der Waals surface area contributed by atoms with E-state index >= 15 is 0 Å². The van der Waals surface area contributed by atoms with E-state index in [1.807, 2.05) is 0 Å². The summed E-state index contributed by atoms with van der Waals surface area (Å²) < 4.78 is 26.8. The Hall–Kier alpha value is -2.30. The van der Waals surface area contributed by atoms with Crippen LogP contribution >= 0.6 is 7.82 Å². The molecule has 0 saturated heterocycles. The molecule has 0 aliphatic heterocycles. The highest BCUT2D eigenvalue weighted by Gasteiger charge is 2.28. The molecule has 0 radical (unpaired) electrons. The Labute approximate surface area is 327 Å². The lowest BCUT2D eigenvalue weighted by atomic mass is 10.0. The van der Waals surface area contributed by atoms with E-state index in [2.05, 4.69) is 55.6 Å². The Bertz CT molecular complexity index is 1060. The van der Waals surface area contributed by atoms with Gasteiger partial charge in [0, 0.05) is 12.8 Å². The monoisotopic (exact) mass is 786 g/mol. The Morgan fingerprint density at radius 1 is 0.611 bits per heavy atom. The Morgan fingerprint density at radius 3 is 1.61 bits per heavy atom. The summed E-state index contributed by atoms with van der Waals surface area (Å²) in [5, 5.41) is 21.8. The van der Waals surface area contributed by atoms with E-state index in [1.54, 1.807) is 0 Å². The zero-order chi connectivity index (χ0) is 40.0. The minimum atomic E-state index is -4.76. The number of nitrogens with one attached hydrogen (secondary N) is 1. The summed E-state index contributed by atoms with van der Waals surface area (Å²) in [5.41, 5.74) is 0. The van der Waals surface area contributed by atoms with Gasteiger partial charge in [0.15, 0.2) is 6.04 Å². The number of hydrogen-bond acceptors (Lipinski definition) is 8. The number of aliphatic carboxylic acids is 1. The second kappa shape index (κ2) is 37.6. The molecule has 0 aromatic carbocycles. The number of carbonyl (C=O) groups excluding carboxylic acids is 2. The third-order valence-corrected chi connectivity index (χ3v) is 9.89. The number of carboxylic acid groups (broad SMARTS) is 1. The molecular weight excluding hydrogens is 709 g/mol. The molecule has 12 heteroatoms. The first kappa shape index (κ1) is 51.7. The Morgan fingerprint density at radius 2 is 1.07 bits per heavy atom. The van der Waals surface area contributed by atoms with Crippen LogP contribution in [0.15, 0.2) is 36.5 Å². The maximum Gasteiger partial charge on any atom is 0.472 e. The number of hydrogen-bond donors (Lipinski definition) is 4. The van der Waals surface area contributed by atoms with Gasteiger partial charge in [-0.2, -0.15) is 0 Å². The first-order valence-corrected chi connectivity index (χ1v) is 22.5. The Kier molecular flexibility index (Phi) is 36.0. The van der Waals surface area contributed by atoms with Crippen molar-refractivity contribution in [3.05, 3.63) is 36.5 Å². The molecule has 314 valence electrons. The summed E-state index contributed by atoms with van der Waals surface area (Å²) in [5.74, 6) is -2.39. The predicted molar refractivity (Wildman–Crippen MR) is 217 cm³/mol. The van der Waals surface area contributed by atoms with Crippen molar-refractivity contribution in [2.24, 2.45) is 0 Å². The van der Waals surface area contributed by atoms with E-state index in [0.717, 1.165) is 70.6 Å². The summed E-state index contributed by atoms with van der Waals surface area (Å²) in [6.07, 6.45) is 38.8. The first-order valence-electron chi connectivity index (χ1n) is 21.0. The van der Waals surface area contributed by atoms with Crippen LogP contribution in [0.4, 0.5) is 0 Å². The maximum absolute atomic E-state index is 12.3. The highest BCUT2D eigenvalue weighted by Crippen LogP contribution is 2.43. The molecule has 0 fully saturated rings. The lowest BCUT2D eigenvalue weighted by Gasteiger charge is -2.18. The van der Waals surface area contributed by atoms with Crippen molar-refractivity contribution in [3.8, 4) is 0 Å². The van der Waals surface area contributed by atoms with Crippen molar-refractivity contribution in [3.63, 3.8) is 0 Å².